The molecule has 1 atom stereocenters. The molecule has 2 fully saturated rings. The predicted molar refractivity (Wildman–Crippen MR) is 59.6 cm³/mol. The Bertz CT molecular complexity index is 302. The number of amides is 2. The molecule has 0 aromatic heterocycles. The van der Waals surface area contributed by atoms with Crippen LogP contribution in [0, 0.1) is 0 Å². The first kappa shape index (κ1) is 11.4. The largest absolute Gasteiger partial charge is 0.339 e. The summed E-state index contributed by atoms with van der Waals surface area (Å²) in [5.74, 6) is 0.122. The number of hydrogen-bond acceptors (Lipinski definition) is 3. The first-order valence-corrected chi connectivity index (χ1v) is 5.90. The maximum Gasteiger partial charge on any atom is 0.236 e. The lowest BCUT2D eigenvalue weighted by Gasteiger charge is -2.28. The van der Waals surface area contributed by atoms with Gasteiger partial charge in [0, 0.05) is 26.1 Å². The zero-order valence-electron chi connectivity index (χ0n) is 9.69. The molecule has 2 N–H and O–H groups in total. The Morgan fingerprint density at radius 3 is 2.50 bits per heavy atom. The second-order valence-corrected chi connectivity index (χ2v) is 4.64. The summed E-state index contributed by atoms with van der Waals surface area (Å²) >= 11 is 0. The fraction of sp³-hybridized carbons (Fsp3) is 0.818. The van der Waals surface area contributed by atoms with Crippen molar-refractivity contribution in [2.24, 2.45) is 5.73 Å². The van der Waals surface area contributed by atoms with Crippen LogP contribution in [-0.4, -0.2) is 53.3 Å². The maximum absolute atomic E-state index is 11.6. The summed E-state index contributed by atoms with van der Waals surface area (Å²) in [5, 5.41) is 0. The number of rotatable bonds is 3. The molecule has 1 saturated carbocycles. The molecule has 1 aliphatic carbocycles. The van der Waals surface area contributed by atoms with E-state index >= 15 is 0 Å². The van der Waals surface area contributed by atoms with Gasteiger partial charge in [0.1, 0.15) is 0 Å². The molecule has 16 heavy (non-hydrogen) atoms. The van der Waals surface area contributed by atoms with E-state index in [1.807, 2.05) is 4.90 Å². The molecule has 5 nitrogen and oxygen atoms in total. The van der Waals surface area contributed by atoms with E-state index in [9.17, 15) is 9.59 Å². The third kappa shape index (κ3) is 2.19. The minimum absolute atomic E-state index is 0.0122. The Kier molecular flexibility index (Phi) is 3.14. The van der Waals surface area contributed by atoms with E-state index in [2.05, 4.69) is 0 Å². The van der Waals surface area contributed by atoms with E-state index in [1.165, 1.54) is 0 Å². The van der Waals surface area contributed by atoms with Crippen molar-refractivity contribution in [3.8, 4) is 0 Å². The minimum Gasteiger partial charge on any atom is -0.339 e. The lowest BCUT2D eigenvalue weighted by atomic mass is 10.2. The minimum atomic E-state index is -0.0122. The van der Waals surface area contributed by atoms with Gasteiger partial charge in [-0.2, -0.15) is 0 Å². The van der Waals surface area contributed by atoms with Gasteiger partial charge in [-0.25, -0.2) is 0 Å². The standard InChI is InChI=1S/C11H19N3O2/c1-8(15)14(9-2-3-9)10-4-5-13(7-10)11(16)6-12/h9-10H,2-7,12H2,1H3/t10-/m0/s1. The Hall–Kier alpha value is -1.10. The molecule has 0 radical (unpaired) electrons. The van der Waals surface area contributed by atoms with Crippen LogP contribution in [0.25, 0.3) is 0 Å². The first-order valence-electron chi connectivity index (χ1n) is 5.90. The van der Waals surface area contributed by atoms with Crippen LogP contribution < -0.4 is 5.73 Å². The highest BCUT2D eigenvalue weighted by atomic mass is 16.2. The molecular weight excluding hydrogens is 206 g/mol. The molecular formula is C11H19N3O2. The van der Waals surface area contributed by atoms with Crippen LogP contribution in [0.5, 0.6) is 0 Å². The second kappa shape index (κ2) is 4.41. The van der Waals surface area contributed by atoms with Crippen molar-refractivity contribution in [2.75, 3.05) is 19.6 Å². The summed E-state index contributed by atoms with van der Waals surface area (Å²) in [7, 11) is 0. The molecule has 0 aromatic carbocycles. The van der Waals surface area contributed by atoms with Crippen molar-refractivity contribution in [1.82, 2.24) is 9.80 Å². The number of hydrogen-bond donors (Lipinski definition) is 1. The number of carbonyl (C=O) groups excluding carboxylic acids is 2. The van der Waals surface area contributed by atoms with Crippen LogP contribution in [0.3, 0.4) is 0 Å². The van der Waals surface area contributed by atoms with E-state index < -0.39 is 0 Å². The molecule has 5 heteroatoms. The molecule has 0 aromatic rings. The SMILES string of the molecule is CC(=O)N(C1CC1)[C@H]1CCN(C(=O)CN)C1. The summed E-state index contributed by atoms with van der Waals surface area (Å²) < 4.78 is 0. The predicted octanol–water partition coefficient (Wildman–Crippen LogP) is -0.443. The lowest BCUT2D eigenvalue weighted by Crippen LogP contribution is -2.43. The topological polar surface area (TPSA) is 66.6 Å². The molecule has 2 rings (SSSR count). The zero-order valence-corrected chi connectivity index (χ0v) is 9.69. The van der Waals surface area contributed by atoms with Gasteiger partial charge in [-0.1, -0.05) is 0 Å². The number of likely N-dealkylation sites (tertiary alicyclic amines) is 1. The molecule has 1 heterocycles. The van der Waals surface area contributed by atoms with Crippen molar-refractivity contribution in [3.63, 3.8) is 0 Å². The van der Waals surface area contributed by atoms with Crippen molar-refractivity contribution >= 4 is 11.8 Å². The van der Waals surface area contributed by atoms with E-state index in [4.69, 9.17) is 5.73 Å². The summed E-state index contributed by atoms with van der Waals surface area (Å²) in [4.78, 5) is 26.7. The fourth-order valence-corrected chi connectivity index (χ4v) is 2.49. The molecule has 0 spiro atoms. The average molecular weight is 225 g/mol. The smallest absolute Gasteiger partial charge is 0.236 e. The average Bonchev–Trinajstić information content (AvgIpc) is 2.94. The van der Waals surface area contributed by atoms with Gasteiger partial charge in [0.15, 0.2) is 0 Å². The van der Waals surface area contributed by atoms with E-state index in [0.29, 0.717) is 12.6 Å². The highest BCUT2D eigenvalue weighted by Crippen LogP contribution is 2.31. The van der Waals surface area contributed by atoms with Crippen LogP contribution in [0.1, 0.15) is 26.2 Å². The van der Waals surface area contributed by atoms with Gasteiger partial charge in [-0.15, -0.1) is 0 Å². The number of nitrogens with zero attached hydrogens (tertiary/aromatic N) is 2. The first-order chi connectivity index (χ1) is 7.63. The Labute approximate surface area is 95.6 Å². The molecule has 1 aliphatic heterocycles. The van der Waals surface area contributed by atoms with Gasteiger partial charge >= 0.3 is 0 Å². The fourth-order valence-electron chi connectivity index (χ4n) is 2.49. The van der Waals surface area contributed by atoms with Crippen LogP contribution in [0.2, 0.25) is 0 Å². The third-order valence-electron chi connectivity index (χ3n) is 3.39. The second-order valence-electron chi connectivity index (χ2n) is 4.64. The highest BCUT2D eigenvalue weighted by molar-refractivity contribution is 5.79. The molecule has 0 bridgehead atoms. The maximum atomic E-state index is 11.6. The molecule has 1 saturated heterocycles. The van der Waals surface area contributed by atoms with Gasteiger partial charge in [0.25, 0.3) is 0 Å². The summed E-state index contributed by atoms with van der Waals surface area (Å²) in [5.41, 5.74) is 5.33. The third-order valence-corrected chi connectivity index (χ3v) is 3.39. The van der Waals surface area contributed by atoms with Crippen molar-refractivity contribution < 1.29 is 9.59 Å². The molecule has 2 aliphatic rings. The summed E-state index contributed by atoms with van der Waals surface area (Å²) in [6, 6.07) is 0.635. The Morgan fingerprint density at radius 2 is 2.00 bits per heavy atom. The van der Waals surface area contributed by atoms with Crippen molar-refractivity contribution in [2.45, 2.75) is 38.3 Å². The quantitative estimate of drug-likeness (QED) is 0.708. The van der Waals surface area contributed by atoms with Gasteiger partial charge in [-0.3, -0.25) is 9.59 Å². The van der Waals surface area contributed by atoms with Gasteiger partial charge in [0.05, 0.1) is 12.6 Å². The monoisotopic (exact) mass is 225 g/mol. The van der Waals surface area contributed by atoms with Crippen LogP contribution >= 0.6 is 0 Å². The normalized spacial score (nSPS) is 24.6. The number of carbonyl (C=O) groups is 2. The summed E-state index contributed by atoms with van der Waals surface area (Å²) in [6.45, 7) is 3.07. The number of nitrogens with two attached hydrogens (primary N) is 1. The molecule has 0 unspecified atom stereocenters. The van der Waals surface area contributed by atoms with Gasteiger partial charge < -0.3 is 15.5 Å². The molecule has 90 valence electrons. The van der Waals surface area contributed by atoms with Gasteiger partial charge in [0.2, 0.25) is 11.8 Å². The lowest BCUT2D eigenvalue weighted by molar-refractivity contribution is -0.133. The highest BCUT2D eigenvalue weighted by Gasteiger charge is 2.39. The zero-order chi connectivity index (χ0) is 11.7. The molecule has 2 amide bonds. The van der Waals surface area contributed by atoms with E-state index in [1.54, 1.807) is 11.8 Å². The van der Waals surface area contributed by atoms with E-state index in [0.717, 1.165) is 25.8 Å². The van der Waals surface area contributed by atoms with Crippen LogP contribution in [0.4, 0.5) is 0 Å². The van der Waals surface area contributed by atoms with Crippen molar-refractivity contribution in [1.29, 1.82) is 0 Å². The van der Waals surface area contributed by atoms with Crippen LogP contribution in [-0.2, 0) is 9.59 Å². The van der Waals surface area contributed by atoms with Crippen LogP contribution in [0.15, 0.2) is 0 Å². The van der Waals surface area contributed by atoms with Crippen molar-refractivity contribution in [3.05, 3.63) is 0 Å². The Balaban J connectivity index is 1.96. The Morgan fingerprint density at radius 1 is 1.31 bits per heavy atom. The van der Waals surface area contributed by atoms with Gasteiger partial charge in [-0.05, 0) is 19.3 Å². The summed E-state index contributed by atoms with van der Waals surface area (Å²) in [6.07, 6.45) is 3.11. The van der Waals surface area contributed by atoms with E-state index in [-0.39, 0.29) is 24.4 Å².